The molecule has 7 aromatic carbocycles. The molecule has 2 heteroatoms. The van der Waals surface area contributed by atoms with Crippen molar-refractivity contribution in [3.8, 4) is 22.3 Å². The summed E-state index contributed by atoms with van der Waals surface area (Å²) in [4.78, 5) is 22.3. The van der Waals surface area contributed by atoms with E-state index in [9.17, 15) is 9.59 Å². The summed E-state index contributed by atoms with van der Waals surface area (Å²) >= 11 is 0. The van der Waals surface area contributed by atoms with Crippen molar-refractivity contribution in [2.45, 2.75) is 0 Å². The van der Waals surface area contributed by atoms with E-state index < -0.39 is 0 Å². The number of hydrogen-bond donors (Lipinski definition) is 0. The summed E-state index contributed by atoms with van der Waals surface area (Å²) in [5.41, 5.74) is 5.88. The van der Waals surface area contributed by atoms with E-state index in [0.717, 1.165) is 34.8 Å². The molecule has 0 saturated carbocycles. The van der Waals surface area contributed by atoms with Gasteiger partial charge in [-0.25, -0.2) is 0 Å². The highest BCUT2D eigenvalue weighted by Gasteiger charge is 2.17. The number of rotatable bonds is 4. The molecule has 0 aliphatic carbocycles. The van der Waals surface area contributed by atoms with E-state index in [1.165, 1.54) is 43.1 Å². The van der Waals surface area contributed by atoms with Crippen LogP contribution in [-0.4, -0.2) is 12.6 Å². The lowest BCUT2D eigenvalue weighted by Crippen LogP contribution is -1.91. The quantitative estimate of drug-likeness (QED) is 0.150. The Morgan fingerprint density at radius 2 is 0.722 bits per heavy atom. The smallest absolute Gasteiger partial charge is 0.150 e. The number of aldehydes is 2. The third-order valence-corrected chi connectivity index (χ3v) is 7.38. The van der Waals surface area contributed by atoms with Crippen molar-refractivity contribution in [1.29, 1.82) is 0 Å². The van der Waals surface area contributed by atoms with Crippen LogP contribution in [-0.2, 0) is 0 Å². The van der Waals surface area contributed by atoms with Crippen LogP contribution < -0.4 is 0 Å². The van der Waals surface area contributed by atoms with Crippen molar-refractivity contribution >= 4 is 55.7 Å². The minimum absolute atomic E-state index is 0.679. The largest absolute Gasteiger partial charge is 0.298 e. The molecule has 0 saturated heterocycles. The fourth-order valence-corrected chi connectivity index (χ4v) is 5.70. The van der Waals surface area contributed by atoms with Crippen LogP contribution in [0.3, 0.4) is 0 Å². The van der Waals surface area contributed by atoms with Gasteiger partial charge in [-0.05, 0) is 65.3 Å². The highest BCUT2D eigenvalue weighted by Crippen LogP contribution is 2.44. The molecule has 7 rings (SSSR count). The molecule has 2 nitrogen and oxygen atoms in total. The summed E-state index contributed by atoms with van der Waals surface area (Å²) in [5, 5.41) is 9.89. The molecule has 7 aromatic rings. The Balaban J connectivity index is 1.56. The Kier molecular flexibility index (Phi) is 4.49. The first kappa shape index (κ1) is 20.5. The Hall–Kier alpha value is -4.82. The molecule has 36 heavy (non-hydrogen) atoms. The molecule has 0 aliphatic heterocycles. The van der Waals surface area contributed by atoms with Gasteiger partial charge < -0.3 is 0 Å². The Bertz CT molecular complexity index is 1780. The lowest BCUT2D eigenvalue weighted by atomic mass is 9.85. The highest BCUT2D eigenvalue weighted by molar-refractivity contribution is 6.35. The number of hydrogen-bond acceptors (Lipinski definition) is 2. The Morgan fingerprint density at radius 1 is 0.361 bits per heavy atom. The predicted molar refractivity (Wildman–Crippen MR) is 149 cm³/mol. The van der Waals surface area contributed by atoms with Gasteiger partial charge in [0.2, 0.25) is 0 Å². The standard InChI is InChI=1S/C34H20O2/c35-19-21-7-11-23(12-8-21)25-15-18-32-30-6-2-4-28-26(24-13-9-22(20-36)10-14-24)16-17-31(34(28)30)29-5-1-3-27(25)33(29)32/h1-20H. The van der Waals surface area contributed by atoms with Crippen molar-refractivity contribution < 1.29 is 9.59 Å². The number of carbonyl (C=O) groups excluding carboxylic acids is 2. The minimum atomic E-state index is 0.679. The second kappa shape index (κ2) is 7.86. The maximum atomic E-state index is 11.1. The van der Waals surface area contributed by atoms with Gasteiger partial charge in [-0.2, -0.15) is 0 Å². The maximum Gasteiger partial charge on any atom is 0.150 e. The molecule has 0 radical (unpaired) electrons. The van der Waals surface area contributed by atoms with Crippen molar-refractivity contribution in [1.82, 2.24) is 0 Å². The average molecular weight is 461 g/mol. The maximum absolute atomic E-state index is 11.1. The van der Waals surface area contributed by atoms with Gasteiger partial charge in [-0.3, -0.25) is 9.59 Å². The average Bonchev–Trinajstić information content (AvgIpc) is 2.95. The van der Waals surface area contributed by atoms with Gasteiger partial charge in [0, 0.05) is 11.1 Å². The molecule has 0 spiro atoms. The van der Waals surface area contributed by atoms with Gasteiger partial charge in [0.15, 0.2) is 0 Å². The molecule has 0 aromatic heterocycles. The molecule has 0 atom stereocenters. The summed E-state index contributed by atoms with van der Waals surface area (Å²) in [6.07, 6.45) is 1.76. The zero-order valence-corrected chi connectivity index (χ0v) is 19.4. The van der Waals surface area contributed by atoms with Gasteiger partial charge in [0.25, 0.3) is 0 Å². The van der Waals surface area contributed by atoms with E-state index in [-0.39, 0.29) is 0 Å². The SMILES string of the molecule is O=Cc1ccc(-c2ccc3c4cccc5c(-c6ccc(C=O)cc6)ccc(c6cccc2c63)c54)cc1. The summed E-state index contributed by atoms with van der Waals surface area (Å²) in [5.74, 6) is 0. The van der Waals surface area contributed by atoms with Gasteiger partial charge in [0.05, 0.1) is 0 Å². The van der Waals surface area contributed by atoms with Crippen molar-refractivity contribution in [2.75, 3.05) is 0 Å². The van der Waals surface area contributed by atoms with Gasteiger partial charge in [0.1, 0.15) is 12.6 Å². The first-order valence-corrected chi connectivity index (χ1v) is 12.0. The zero-order chi connectivity index (χ0) is 24.2. The van der Waals surface area contributed by atoms with E-state index in [1.807, 2.05) is 48.5 Å². The van der Waals surface area contributed by atoms with Crippen LogP contribution in [0.25, 0.3) is 65.3 Å². The zero-order valence-electron chi connectivity index (χ0n) is 19.4. The number of carbonyl (C=O) groups is 2. The first-order valence-electron chi connectivity index (χ1n) is 12.0. The molecule has 0 aliphatic rings. The Labute approximate surface area is 207 Å². The Morgan fingerprint density at radius 3 is 1.11 bits per heavy atom. The third-order valence-electron chi connectivity index (χ3n) is 7.38. The van der Waals surface area contributed by atoms with Crippen molar-refractivity contribution in [3.63, 3.8) is 0 Å². The van der Waals surface area contributed by atoms with E-state index >= 15 is 0 Å². The van der Waals surface area contributed by atoms with Crippen LogP contribution in [0, 0.1) is 0 Å². The van der Waals surface area contributed by atoms with Gasteiger partial charge >= 0.3 is 0 Å². The second-order valence-electron chi connectivity index (χ2n) is 9.26. The van der Waals surface area contributed by atoms with E-state index in [0.29, 0.717) is 11.1 Å². The van der Waals surface area contributed by atoms with E-state index in [2.05, 4.69) is 60.7 Å². The molecule has 0 fully saturated rings. The highest BCUT2D eigenvalue weighted by atomic mass is 16.1. The molecule has 0 bridgehead atoms. The first-order chi connectivity index (χ1) is 17.8. The monoisotopic (exact) mass is 460 g/mol. The molecular formula is C34H20O2. The van der Waals surface area contributed by atoms with Crippen LogP contribution in [0.5, 0.6) is 0 Å². The lowest BCUT2D eigenvalue weighted by Gasteiger charge is -2.18. The van der Waals surface area contributed by atoms with Crippen LogP contribution in [0.2, 0.25) is 0 Å². The van der Waals surface area contributed by atoms with Crippen LogP contribution in [0.15, 0.2) is 109 Å². The van der Waals surface area contributed by atoms with Crippen molar-refractivity contribution in [3.05, 3.63) is 120 Å². The molecule has 0 N–H and O–H groups in total. The fraction of sp³-hybridized carbons (Fsp3) is 0. The second-order valence-corrected chi connectivity index (χ2v) is 9.26. The molecule has 0 amide bonds. The van der Waals surface area contributed by atoms with E-state index in [4.69, 9.17) is 0 Å². The normalized spacial score (nSPS) is 11.6. The molecule has 0 heterocycles. The molecule has 168 valence electrons. The summed E-state index contributed by atoms with van der Waals surface area (Å²) in [7, 11) is 0. The topological polar surface area (TPSA) is 34.1 Å². The summed E-state index contributed by atoms with van der Waals surface area (Å²) < 4.78 is 0. The predicted octanol–water partition coefficient (Wildman–Crippen LogP) is 8.70. The third kappa shape index (κ3) is 2.91. The van der Waals surface area contributed by atoms with Crippen LogP contribution >= 0.6 is 0 Å². The summed E-state index contributed by atoms with van der Waals surface area (Å²) in [6.45, 7) is 0. The summed E-state index contributed by atoms with van der Waals surface area (Å²) in [6, 6.07) is 37.5. The minimum Gasteiger partial charge on any atom is -0.298 e. The molecular weight excluding hydrogens is 440 g/mol. The van der Waals surface area contributed by atoms with Gasteiger partial charge in [-0.15, -0.1) is 0 Å². The van der Waals surface area contributed by atoms with Crippen LogP contribution in [0.1, 0.15) is 20.7 Å². The van der Waals surface area contributed by atoms with Crippen LogP contribution in [0.4, 0.5) is 0 Å². The fourth-order valence-electron chi connectivity index (χ4n) is 5.70. The van der Waals surface area contributed by atoms with E-state index in [1.54, 1.807) is 0 Å². The lowest BCUT2D eigenvalue weighted by molar-refractivity contribution is 0.111. The number of fused-ring (bicyclic) bond motifs is 2. The van der Waals surface area contributed by atoms with Crippen molar-refractivity contribution in [2.24, 2.45) is 0 Å². The molecule has 0 unspecified atom stereocenters. The number of benzene rings is 7. The van der Waals surface area contributed by atoms with Gasteiger partial charge in [-0.1, -0.05) is 109 Å².